The average Bonchev–Trinajstić information content (AvgIpc) is 2.88. The van der Waals surface area contributed by atoms with Gasteiger partial charge in [0.05, 0.1) is 0 Å². The highest BCUT2D eigenvalue weighted by Crippen LogP contribution is 2.21. The zero-order valence-electron chi connectivity index (χ0n) is 21.0. The van der Waals surface area contributed by atoms with Gasteiger partial charge in [-0.15, -0.1) is 0 Å². The lowest BCUT2D eigenvalue weighted by Crippen LogP contribution is -2.58. The lowest BCUT2D eigenvalue weighted by Gasteiger charge is -2.30. The van der Waals surface area contributed by atoms with Crippen molar-refractivity contribution in [2.75, 3.05) is 26.2 Å². The minimum atomic E-state index is -4.14. The van der Waals surface area contributed by atoms with Gasteiger partial charge in [-0.05, 0) is 43.7 Å². The van der Waals surface area contributed by atoms with E-state index in [0.717, 1.165) is 6.20 Å². The van der Waals surface area contributed by atoms with Crippen molar-refractivity contribution in [3.05, 3.63) is 54.4 Å². The Morgan fingerprint density at radius 3 is 2.39 bits per heavy atom. The first kappa shape index (κ1) is 29.4. The Hall–Kier alpha value is -3.20. The number of ether oxygens (including phenoxy) is 1. The van der Waals surface area contributed by atoms with E-state index in [1.165, 1.54) is 44.3 Å². The summed E-state index contributed by atoms with van der Waals surface area (Å²) in [7, 11) is -4.14. The molecule has 1 aromatic heterocycles. The number of nitrogens with zero attached hydrogens (tertiary/aromatic N) is 2. The lowest BCUT2D eigenvalue weighted by atomic mass is 10.0. The summed E-state index contributed by atoms with van der Waals surface area (Å²) in [6.45, 7) is 5.52. The van der Waals surface area contributed by atoms with Crippen LogP contribution in [0.4, 0.5) is 4.79 Å². The largest absolute Gasteiger partial charge is 0.480 e. The van der Waals surface area contributed by atoms with Crippen molar-refractivity contribution in [3.8, 4) is 5.75 Å². The topological polar surface area (TPSA) is 167 Å². The van der Waals surface area contributed by atoms with E-state index in [0.29, 0.717) is 37.5 Å². The highest BCUT2D eigenvalue weighted by atomic mass is 32.2. The van der Waals surface area contributed by atoms with Gasteiger partial charge in [-0.1, -0.05) is 12.1 Å². The molecular weight excluding hydrogens is 534 g/mol. The number of pyridine rings is 1. The van der Waals surface area contributed by atoms with Crippen molar-refractivity contribution in [2.24, 2.45) is 0 Å². The van der Waals surface area contributed by atoms with Crippen molar-refractivity contribution < 1.29 is 32.6 Å². The number of piperazine rings is 1. The summed E-state index contributed by atoms with van der Waals surface area (Å²) in [5, 5.41) is 15.3. The van der Waals surface area contributed by atoms with Gasteiger partial charge in [-0.3, -0.25) is 9.78 Å². The Labute approximate surface area is 226 Å². The summed E-state index contributed by atoms with van der Waals surface area (Å²) in [4.78, 5) is 42.5. The smallest absolute Gasteiger partial charge is 0.415 e. The number of carbonyl (C=O) groups is 3. The van der Waals surface area contributed by atoms with E-state index >= 15 is 0 Å². The van der Waals surface area contributed by atoms with Gasteiger partial charge in [0.2, 0.25) is 15.9 Å². The molecule has 38 heavy (non-hydrogen) atoms. The average molecular weight is 566 g/mol. The number of aromatic nitrogens is 1. The van der Waals surface area contributed by atoms with Gasteiger partial charge in [0, 0.05) is 49.7 Å². The van der Waals surface area contributed by atoms with E-state index in [1.807, 2.05) is 0 Å². The van der Waals surface area contributed by atoms with Gasteiger partial charge in [0.15, 0.2) is 0 Å². The maximum Gasteiger partial charge on any atom is 0.415 e. The molecule has 0 saturated carbocycles. The zero-order chi connectivity index (χ0) is 27.9. The maximum atomic E-state index is 13.1. The predicted molar refractivity (Wildman–Crippen MR) is 142 cm³/mol. The molecular formula is C24H31N5O7S2. The number of amides is 2. The third-order valence-electron chi connectivity index (χ3n) is 5.74. The molecule has 3 rings (SSSR count). The van der Waals surface area contributed by atoms with E-state index < -0.39 is 44.8 Å². The third-order valence-corrected chi connectivity index (χ3v) is 7.41. The normalized spacial score (nSPS) is 15.8. The number of carboxylic acid groups (broad SMARTS) is 1. The Balaban J connectivity index is 1.67. The van der Waals surface area contributed by atoms with Crippen LogP contribution in [0.2, 0.25) is 0 Å². The van der Waals surface area contributed by atoms with Crippen LogP contribution in [0.25, 0.3) is 0 Å². The summed E-state index contributed by atoms with van der Waals surface area (Å²) < 4.78 is 32.1. The highest BCUT2D eigenvalue weighted by molar-refractivity contribution is 7.89. The van der Waals surface area contributed by atoms with Crippen molar-refractivity contribution >= 4 is 40.6 Å². The molecule has 2 aromatic rings. The fraction of sp³-hybridized carbons (Fsp3) is 0.417. The minimum Gasteiger partial charge on any atom is -0.480 e. The number of hydrogen-bond donors (Lipinski definition) is 5. The van der Waals surface area contributed by atoms with Crippen molar-refractivity contribution in [2.45, 2.75) is 42.0 Å². The number of rotatable bonds is 10. The number of aliphatic carboxylic acids is 1. The van der Waals surface area contributed by atoms with Gasteiger partial charge in [-0.25, -0.2) is 18.0 Å². The first-order valence-corrected chi connectivity index (χ1v) is 13.7. The Morgan fingerprint density at radius 1 is 1.18 bits per heavy atom. The van der Waals surface area contributed by atoms with Gasteiger partial charge in [0.1, 0.15) is 22.7 Å². The number of benzene rings is 1. The zero-order valence-corrected chi connectivity index (χ0v) is 22.7. The third kappa shape index (κ3) is 8.15. The van der Waals surface area contributed by atoms with Crippen molar-refractivity contribution in [1.29, 1.82) is 0 Å². The number of carbonyl (C=O) groups excluding carboxylic acids is 2. The lowest BCUT2D eigenvalue weighted by molar-refractivity contribution is -0.142. The molecule has 0 aliphatic carbocycles. The van der Waals surface area contributed by atoms with Gasteiger partial charge >= 0.3 is 12.1 Å². The summed E-state index contributed by atoms with van der Waals surface area (Å²) in [6, 6.07) is 6.26. The number of sulfonamides is 1. The molecule has 0 radical (unpaired) electrons. The fourth-order valence-corrected chi connectivity index (χ4v) is 5.22. The quantitative estimate of drug-likeness (QED) is 0.260. The molecule has 1 aliphatic heterocycles. The minimum absolute atomic E-state index is 0.0951. The Bertz CT molecular complexity index is 1230. The highest BCUT2D eigenvalue weighted by Gasteiger charge is 2.38. The first-order chi connectivity index (χ1) is 17.9. The monoisotopic (exact) mass is 565 g/mol. The SMILES string of the molecule is CC(C)(S)[C@H](NS(=O)(=O)c1cccnc1)C(=O)N[C@@H](Cc1ccc(OC(=O)N2CCNCC2)cc1)C(=O)O. The molecule has 0 bridgehead atoms. The van der Waals surface area contributed by atoms with E-state index in [-0.39, 0.29) is 11.3 Å². The van der Waals surface area contributed by atoms with Crippen LogP contribution in [0.1, 0.15) is 19.4 Å². The summed E-state index contributed by atoms with van der Waals surface area (Å²) in [6.07, 6.45) is 1.98. The second-order valence-corrected chi connectivity index (χ2v) is 12.1. The van der Waals surface area contributed by atoms with Crippen LogP contribution in [-0.4, -0.2) is 84.4 Å². The number of hydrogen-bond acceptors (Lipinski definition) is 9. The van der Waals surface area contributed by atoms with Crippen LogP contribution in [0.5, 0.6) is 5.75 Å². The van der Waals surface area contributed by atoms with E-state index in [9.17, 15) is 27.9 Å². The molecule has 1 fully saturated rings. The van der Waals surface area contributed by atoms with E-state index in [2.05, 4.69) is 33.0 Å². The molecule has 1 aliphatic rings. The molecule has 1 saturated heterocycles. The van der Waals surface area contributed by atoms with Crippen molar-refractivity contribution in [3.63, 3.8) is 0 Å². The Morgan fingerprint density at radius 2 is 1.84 bits per heavy atom. The van der Waals surface area contributed by atoms with Crippen LogP contribution in [-0.2, 0) is 26.0 Å². The predicted octanol–water partition coefficient (Wildman–Crippen LogP) is 0.653. The maximum absolute atomic E-state index is 13.1. The summed E-state index contributed by atoms with van der Waals surface area (Å²) in [5.74, 6) is -1.86. The molecule has 206 valence electrons. The van der Waals surface area contributed by atoms with Crippen LogP contribution in [0.3, 0.4) is 0 Å². The van der Waals surface area contributed by atoms with Gasteiger partial charge in [-0.2, -0.15) is 17.4 Å². The molecule has 0 spiro atoms. The molecule has 1 aromatic carbocycles. The molecule has 2 amide bonds. The molecule has 12 nitrogen and oxygen atoms in total. The molecule has 14 heteroatoms. The number of carboxylic acids is 1. The van der Waals surface area contributed by atoms with E-state index in [1.54, 1.807) is 17.0 Å². The first-order valence-electron chi connectivity index (χ1n) is 11.8. The molecule has 4 N–H and O–H groups in total. The molecule has 2 atom stereocenters. The van der Waals surface area contributed by atoms with Crippen LogP contribution in [0.15, 0.2) is 53.7 Å². The second kappa shape index (κ2) is 12.6. The standard InChI is InChI=1S/C24H31N5O7S2/c1-24(2,37)20(28-38(34,35)18-4-3-9-26-15-18)21(30)27-19(22(31)32)14-16-5-7-17(8-6-16)36-23(33)29-12-10-25-11-13-29/h3-9,15,19-20,25,28,37H,10-14H2,1-2H3,(H,27,30)(H,31,32)/t19-,20+/m0/s1. The molecule has 2 heterocycles. The number of nitrogens with one attached hydrogen (secondary N) is 3. The Kier molecular flexibility index (Phi) is 9.71. The van der Waals surface area contributed by atoms with Crippen LogP contribution in [0, 0.1) is 0 Å². The van der Waals surface area contributed by atoms with Gasteiger partial charge in [0.25, 0.3) is 0 Å². The van der Waals surface area contributed by atoms with Crippen LogP contribution >= 0.6 is 12.6 Å². The summed E-state index contributed by atoms with van der Waals surface area (Å²) >= 11 is 4.36. The number of thiol groups is 1. The van der Waals surface area contributed by atoms with Crippen LogP contribution < -0.4 is 20.1 Å². The second-order valence-electron chi connectivity index (χ2n) is 9.25. The van der Waals surface area contributed by atoms with Gasteiger partial charge < -0.3 is 25.4 Å². The molecule has 0 unspecified atom stereocenters. The van der Waals surface area contributed by atoms with E-state index in [4.69, 9.17) is 4.74 Å². The van der Waals surface area contributed by atoms with Crippen molar-refractivity contribution in [1.82, 2.24) is 25.2 Å². The fourth-order valence-electron chi connectivity index (χ4n) is 3.64. The summed E-state index contributed by atoms with van der Waals surface area (Å²) in [5.41, 5.74) is 0.553.